The molecule has 5 aromatic rings. The maximum absolute atomic E-state index is 11.6. The van der Waals surface area contributed by atoms with Gasteiger partial charge in [-0.3, -0.25) is 0 Å². The molecule has 0 spiro atoms. The second-order valence-electron chi connectivity index (χ2n) is 8.19. The van der Waals surface area contributed by atoms with Gasteiger partial charge in [-0.05, 0) is 36.4 Å². The van der Waals surface area contributed by atoms with E-state index in [4.69, 9.17) is 24.4 Å². The Hall–Kier alpha value is -5.05. The number of hydrogen-bond acceptors (Lipinski definition) is 9. The molecule has 0 N–H and O–H groups in total. The Balaban J connectivity index is 1.49. The lowest BCUT2D eigenvalue weighted by Crippen LogP contribution is -2.12. The average molecular weight is 510 g/mol. The van der Waals surface area contributed by atoms with Crippen LogP contribution in [0.25, 0.3) is 44.6 Å². The van der Waals surface area contributed by atoms with Gasteiger partial charge in [-0.1, -0.05) is 42.5 Å². The summed E-state index contributed by atoms with van der Waals surface area (Å²) in [6.45, 7) is -0.428. The molecule has 0 aliphatic carbocycles. The van der Waals surface area contributed by atoms with Crippen molar-refractivity contribution in [3.05, 3.63) is 78.9 Å². The molecular weight excluding hydrogens is 486 g/mol. The highest BCUT2D eigenvalue weighted by molar-refractivity contribution is 5.88. The lowest BCUT2D eigenvalue weighted by molar-refractivity contribution is -0.143. The molecule has 0 aliphatic rings. The Morgan fingerprint density at radius 1 is 0.553 bits per heavy atom. The molecule has 0 fully saturated rings. The fourth-order valence-corrected chi connectivity index (χ4v) is 3.87. The molecule has 3 heterocycles. The van der Waals surface area contributed by atoms with E-state index in [2.05, 4.69) is 9.47 Å². The van der Waals surface area contributed by atoms with Crippen molar-refractivity contribution in [1.82, 2.24) is 15.0 Å². The number of fused-ring (bicyclic) bond motifs is 2. The van der Waals surface area contributed by atoms with E-state index >= 15 is 0 Å². The first-order valence-electron chi connectivity index (χ1n) is 11.7. The van der Waals surface area contributed by atoms with E-state index in [9.17, 15) is 9.59 Å². The fourth-order valence-electron chi connectivity index (χ4n) is 3.87. The number of aromatic nitrogens is 3. The van der Waals surface area contributed by atoms with Crippen LogP contribution in [0.4, 0.5) is 0 Å². The van der Waals surface area contributed by atoms with Gasteiger partial charge in [0.05, 0.1) is 37.0 Å². The fraction of sp³-hybridized carbons (Fsp3) is 0.138. The quantitative estimate of drug-likeness (QED) is 0.277. The van der Waals surface area contributed by atoms with E-state index in [-0.39, 0.29) is 13.2 Å². The summed E-state index contributed by atoms with van der Waals surface area (Å²) in [6, 6.07) is 24.2. The van der Waals surface area contributed by atoms with Gasteiger partial charge in [0.2, 0.25) is 0 Å². The van der Waals surface area contributed by atoms with Crippen molar-refractivity contribution >= 4 is 33.7 Å². The highest BCUT2D eigenvalue weighted by atomic mass is 16.6. The third kappa shape index (κ3) is 5.22. The summed E-state index contributed by atoms with van der Waals surface area (Å²) < 4.78 is 20.6. The molecule has 0 atom stereocenters. The molecular formula is C29H23N3O6. The Kier molecular flexibility index (Phi) is 7.08. The van der Waals surface area contributed by atoms with Crippen LogP contribution in [-0.4, -0.2) is 54.3 Å². The van der Waals surface area contributed by atoms with Gasteiger partial charge in [0.1, 0.15) is 22.5 Å². The minimum Gasteiger partial charge on any atom is -0.480 e. The van der Waals surface area contributed by atoms with E-state index in [1.807, 2.05) is 66.7 Å². The van der Waals surface area contributed by atoms with Crippen LogP contribution in [0.3, 0.4) is 0 Å². The summed E-state index contributed by atoms with van der Waals surface area (Å²) in [5.74, 6) is -0.00769. The maximum atomic E-state index is 11.6. The van der Waals surface area contributed by atoms with Crippen LogP contribution in [0.5, 0.6) is 11.5 Å². The number of ether oxygens (including phenoxy) is 4. The van der Waals surface area contributed by atoms with Gasteiger partial charge < -0.3 is 18.9 Å². The van der Waals surface area contributed by atoms with E-state index < -0.39 is 11.9 Å². The highest BCUT2D eigenvalue weighted by Gasteiger charge is 2.13. The summed E-state index contributed by atoms with van der Waals surface area (Å²) >= 11 is 0. The van der Waals surface area contributed by atoms with Crippen LogP contribution in [-0.2, 0) is 19.1 Å². The number of carbonyl (C=O) groups excluding carboxylic acids is 2. The lowest BCUT2D eigenvalue weighted by Gasteiger charge is -2.10. The zero-order chi connectivity index (χ0) is 26.5. The minimum atomic E-state index is -0.478. The van der Waals surface area contributed by atoms with Crippen molar-refractivity contribution in [1.29, 1.82) is 0 Å². The molecule has 190 valence electrons. The maximum Gasteiger partial charge on any atom is 0.343 e. The molecule has 9 nitrogen and oxygen atoms in total. The van der Waals surface area contributed by atoms with Crippen molar-refractivity contribution in [2.45, 2.75) is 0 Å². The van der Waals surface area contributed by atoms with Gasteiger partial charge in [-0.25, -0.2) is 24.5 Å². The summed E-state index contributed by atoms with van der Waals surface area (Å²) in [4.78, 5) is 37.5. The number of hydrogen-bond donors (Lipinski definition) is 0. The molecule has 0 saturated heterocycles. The first-order chi connectivity index (χ1) is 18.6. The normalized spacial score (nSPS) is 10.8. The molecule has 0 saturated carbocycles. The van der Waals surface area contributed by atoms with Crippen LogP contribution in [0.1, 0.15) is 0 Å². The third-order valence-electron chi connectivity index (χ3n) is 5.79. The van der Waals surface area contributed by atoms with Gasteiger partial charge in [0, 0.05) is 10.8 Å². The number of rotatable bonds is 8. The predicted molar refractivity (Wildman–Crippen MR) is 141 cm³/mol. The summed E-state index contributed by atoms with van der Waals surface area (Å²) in [5, 5.41) is 1.73. The molecule has 9 heteroatoms. The Labute approximate surface area is 218 Å². The number of nitrogens with zero attached hydrogens (tertiary/aromatic N) is 3. The Bertz CT molecular complexity index is 1530. The van der Waals surface area contributed by atoms with Crippen LogP contribution in [0.2, 0.25) is 0 Å². The smallest absolute Gasteiger partial charge is 0.343 e. The first-order valence-corrected chi connectivity index (χ1v) is 11.7. The molecule has 0 amide bonds. The molecule has 0 bridgehead atoms. The number of carbonyl (C=O) groups is 2. The molecule has 0 aliphatic heterocycles. The van der Waals surface area contributed by atoms with Gasteiger partial charge in [-0.15, -0.1) is 0 Å². The zero-order valence-corrected chi connectivity index (χ0v) is 20.7. The monoisotopic (exact) mass is 509 g/mol. The van der Waals surface area contributed by atoms with Gasteiger partial charge >= 0.3 is 11.9 Å². The predicted octanol–water partition coefficient (Wildman–Crippen LogP) is 4.62. The van der Waals surface area contributed by atoms with Crippen LogP contribution in [0, 0.1) is 0 Å². The summed E-state index contributed by atoms with van der Waals surface area (Å²) in [7, 11) is 2.62. The van der Waals surface area contributed by atoms with Crippen molar-refractivity contribution in [2.24, 2.45) is 0 Å². The van der Waals surface area contributed by atoms with Gasteiger partial charge in [-0.2, -0.15) is 0 Å². The summed E-state index contributed by atoms with van der Waals surface area (Å²) in [5.41, 5.74) is 3.77. The van der Waals surface area contributed by atoms with E-state index in [0.717, 1.165) is 10.8 Å². The minimum absolute atomic E-state index is 0.214. The number of methoxy groups -OCH3 is 2. The summed E-state index contributed by atoms with van der Waals surface area (Å²) in [6.07, 6.45) is 0. The van der Waals surface area contributed by atoms with Crippen LogP contribution < -0.4 is 9.47 Å². The molecule has 2 aromatic carbocycles. The molecule has 38 heavy (non-hydrogen) atoms. The van der Waals surface area contributed by atoms with Crippen LogP contribution >= 0.6 is 0 Å². The topological polar surface area (TPSA) is 110 Å². The first kappa shape index (κ1) is 24.6. The van der Waals surface area contributed by atoms with Crippen molar-refractivity contribution in [3.8, 4) is 34.3 Å². The highest BCUT2D eigenvalue weighted by Crippen LogP contribution is 2.30. The second kappa shape index (κ2) is 10.9. The van der Waals surface area contributed by atoms with E-state index in [0.29, 0.717) is 45.3 Å². The average Bonchev–Trinajstić information content (AvgIpc) is 2.98. The van der Waals surface area contributed by atoms with Crippen molar-refractivity contribution in [2.75, 3.05) is 27.4 Å². The SMILES string of the molecule is COC(=O)COc1cccc2ccc(-c3cccc(-c4ccc5cccc(OCC(=O)OC)c5n4)n3)nc12. The standard InChI is InChI=1S/C29H23N3O6/c1-35-26(33)16-37-24-10-3-6-18-12-14-22(31-28(18)24)20-8-5-9-21(30-20)23-15-13-19-7-4-11-25(29(19)32-23)38-17-27(34)36-2/h3-15H,16-17H2,1-2H3. The number of pyridine rings is 3. The van der Waals surface area contributed by atoms with Crippen molar-refractivity contribution < 1.29 is 28.5 Å². The zero-order valence-electron chi connectivity index (χ0n) is 20.7. The lowest BCUT2D eigenvalue weighted by atomic mass is 10.1. The number of para-hydroxylation sites is 2. The Morgan fingerprint density at radius 2 is 0.974 bits per heavy atom. The molecule has 3 aromatic heterocycles. The van der Waals surface area contributed by atoms with Crippen LogP contribution in [0.15, 0.2) is 78.9 Å². The van der Waals surface area contributed by atoms with Gasteiger partial charge in [0.15, 0.2) is 13.2 Å². The number of esters is 2. The second-order valence-corrected chi connectivity index (χ2v) is 8.19. The Morgan fingerprint density at radius 3 is 1.42 bits per heavy atom. The van der Waals surface area contributed by atoms with E-state index in [1.165, 1.54) is 14.2 Å². The molecule has 0 unspecified atom stereocenters. The molecule has 5 rings (SSSR count). The largest absolute Gasteiger partial charge is 0.480 e. The molecule has 0 radical (unpaired) electrons. The third-order valence-corrected chi connectivity index (χ3v) is 5.79. The number of benzene rings is 2. The van der Waals surface area contributed by atoms with E-state index in [1.54, 1.807) is 12.1 Å². The van der Waals surface area contributed by atoms with Crippen molar-refractivity contribution in [3.63, 3.8) is 0 Å². The van der Waals surface area contributed by atoms with Gasteiger partial charge in [0.25, 0.3) is 0 Å².